The van der Waals surface area contributed by atoms with Crippen LogP contribution in [0, 0.1) is 5.82 Å². The maximum atomic E-state index is 13.9. The van der Waals surface area contributed by atoms with Crippen molar-refractivity contribution in [3.8, 4) is 0 Å². The van der Waals surface area contributed by atoms with Crippen molar-refractivity contribution in [2.45, 2.75) is 18.1 Å². The van der Waals surface area contributed by atoms with Crippen molar-refractivity contribution in [1.82, 2.24) is 14.5 Å². The first-order valence-corrected chi connectivity index (χ1v) is 7.54. The van der Waals surface area contributed by atoms with Gasteiger partial charge in [0.05, 0.1) is 11.3 Å². The van der Waals surface area contributed by atoms with Crippen LogP contribution in [-0.2, 0) is 4.79 Å². The number of hydrogen-bond donors (Lipinski definition) is 1. The molecule has 1 atom stereocenters. The Morgan fingerprint density at radius 1 is 1.52 bits per heavy atom. The summed E-state index contributed by atoms with van der Waals surface area (Å²) in [6.45, 7) is 2.76. The summed E-state index contributed by atoms with van der Waals surface area (Å²) >= 11 is 1.11. The number of aromatic nitrogens is 2. The zero-order valence-corrected chi connectivity index (χ0v) is 13.0. The van der Waals surface area contributed by atoms with Gasteiger partial charge in [-0.25, -0.2) is 9.37 Å². The fraction of sp³-hybridized carbons (Fsp3) is 0.429. The summed E-state index contributed by atoms with van der Waals surface area (Å²) in [6, 6.07) is 4.87. The highest BCUT2D eigenvalue weighted by Crippen LogP contribution is 2.29. The highest BCUT2D eigenvalue weighted by Gasteiger charge is 2.19. The number of hydrogen-bond acceptors (Lipinski definition) is 4. The van der Waals surface area contributed by atoms with Crippen LogP contribution < -0.4 is 0 Å². The lowest BCUT2D eigenvalue weighted by atomic mass is 10.2. The van der Waals surface area contributed by atoms with Gasteiger partial charge in [-0.3, -0.25) is 4.79 Å². The molecule has 0 saturated heterocycles. The third-order valence-electron chi connectivity index (χ3n) is 3.03. The number of carboxylic acid groups (broad SMARTS) is 1. The van der Waals surface area contributed by atoms with Crippen molar-refractivity contribution in [3.05, 3.63) is 24.0 Å². The monoisotopic (exact) mass is 311 g/mol. The lowest BCUT2D eigenvalue weighted by molar-refractivity contribution is -0.133. The molecule has 1 N–H and O–H groups in total. The normalized spacial score (nSPS) is 13.0. The first kappa shape index (κ1) is 15.8. The van der Waals surface area contributed by atoms with Gasteiger partial charge in [-0.2, -0.15) is 0 Å². The second-order valence-corrected chi connectivity index (χ2v) is 6.11. The fourth-order valence-electron chi connectivity index (χ4n) is 2.33. The third-order valence-corrected chi connectivity index (χ3v) is 3.97. The number of imidazole rings is 1. The molecule has 1 aromatic carbocycles. The van der Waals surface area contributed by atoms with E-state index in [1.807, 2.05) is 36.6 Å². The van der Waals surface area contributed by atoms with E-state index in [0.717, 1.165) is 18.3 Å². The molecule has 1 unspecified atom stereocenters. The second-order valence-electron chi connectivity index (χ2n) is 5.17. The van der Waals surface area contributed by atoms with E-state index in [1.54, 1.807) is 6.07 Å². The highest BCUT2D eigenvalue weighted by molar-refractivity contribution is 7.99. The standard InChI is InChI=1S/C14H18FN3O2S/c1-9(7-17(2)3)18-11-6-4-5-10(15)13(11)16-14(18)21-8-12(19)20/h4-6,9H,7-8H2,1-3H3,(H,19,20). The Balaban J connectivity index is 2.49. The summed E-state index contributed by atoms with van der Waals surface area (Å²) in [5.41, 5.74) is 0.980. The molecule has 2 aromatic rings. The zero-order valence-electron chi connectivity index (χ0n) is 12.2. The van der Waals surface area contributed by atoms with Gasteiger partial charge in [0.25, 0.3) is 0 Å². The van der Waals surface area contributed by atoms with Crippen LogP contribution in [0.25, 0.3) is 11.0 Å². The van der Waals surface area contributed by atoms with E-state index >= 15 is 0 Å². The van der Waals surface area contributed by atoms with E-state index in [9.17, 15) is 9.18 Å². The lowest BCUT2D eigenvalue weighted by Crippen LogP contribution is -2.23. The molecule has 21 heavy (non-hydrogen) atoms. The number of halogens is 1. The molecule has 0 bridgehead atoms. The van der Waals surface area contributed by atoms with E-state index in [-0.39, 0.29) is 23.1 Å². The minimum Gasteiger partial charge on any atom is -0.481 e. The SMILES string of the molecule is CC(CN(C)C)n1c(SCC(=O)O)nc2c(F)cccc21. The van der Waals surface area contributed by atoms with Crippen molar-refractivity contribution in [1.29, 1.82) is 0 Å². The average Bonchev–Trinajstić information content (AvgIpc) is 2.75. The van der Waals surface area contributed by atoms with Crippen molar-refractivity contribution in [3.63, 3.8) is 0 Å². The molecule has 0 saturated carbocycles. The van der Waals surface area contributed by atoms with Gasteiger partial charge in [-0.15, -0.1) is 0 Å². The highest BCUT2D eigenvalue weighted by atomic mass is 32.2. The Hall–Kier alpha value is -1.60. The molecule has 0 aliphatic carbocycles. The minimum atomic E-state index is -0.917. The van der Waals surface area contributed by atoms with Crippen LogP contribution in [0.3, 0.4) is 0 Å². The molecule has 2 rings (SSSR count). The number of carboxylic acids is 1. The molecule has 0 fully saturated rings. The van der Waals surface area contributed by atoms with Crippen molar-refractivity contribution in [2.75, 3.05) is 26.4 Å². The van der Waals surface area contributed by atoms with Gasteiger partial charge < -0.3 is 14.6 Å². The molecule has 0 aliphatic rings. The summed E-state index contributed by atoms with van der Waals surface area (Å²) in [4.78, 5) is 17.1. The summed E-state index contributed by atoms with van der Waals surface area (Å²) in [6.07, 6.45) is 0. The van der Waals surface area contributed by atoms with Gasteiger partial charge in [-0.05, 0) is 33.2 Å². The number of benzene rings is 1. The van der Waals surface area contributed by atoms with Gasteiger partial charge in [-0.1, -0.05) is 17.8 Å². The molecule has 1 heterocycles. The van der Waals surface area contributed by atoms with Gasteiger partial charge >= 0.3 is 5.97 Å². The number of nitrogens with zero attached hydrogens (tertiary/aromatic N) is 3. The maximum Gasteiger partial charge on any atom is 0.313 e. The molecular weight excluding hydrogens is 293 g/mol. The van der Waals surface area contributed by atoms with Crippen LogP contribution in [-0.4, -0.2) is 51.9 Å². The first-order valence-electron chi connectivity index (χ1n) is 6.56. The first-order chi connectivity index (χ1) is 9.90. The zero-order chi connectivity index (χ0) is 15.6. The van der Waals surface area contributed by atoms with Crippen LogP contribution in [0.1, 0.15) is 13.0 Å². The van der Waals surface area contributed by atoms with Crippen molar-refractivity contribution >= 4 is 28.8 Å². The molecule has 0 spiro atoms. The molecule has 0 radical (unpaired) electrons. The van der Waals surface area contributed by atoms with E-state index in [0.29, 0.717) is 10.7 Å². The van der Waals surface area contributed by atoms with Gasteiger partial charge in [0.2, 0.25) is 0 Å². The number of para-hydroxylation sites is 1. The maximum absolute atomic E-state index is 13.9. The predicted molar refractivity (Wildman–Crippen MR) is 81.3 cm³/mol. The summed E-state index contributed by atoms with van der Waals surface area (Å²) in [5, 5.41) is 9.37. The summed E-state index contributed by atoms with van der Waals surface area (Å²) < 4.78 is 15.8. The Labute approximate surface area is 126 Å². The van der Waals surface area contributed by atoms with Crippen LogP contribution in [0.5, 0.6) is 0 Å². The van der Waals surface area contributed by atoms with Crippen LogP contribution in [0.2, 0.25) is 0 Å². The van der Waals surface area contributed by atoms with Gasteiger partial charge in [0.15, 0.2) is 11.0 Å². The summed E-state index contributed by atoms with van der Waals surface area (Å²) in [5.74, 6) is -1.40. The van der Waals surface area contributed by atoms with Gasteiger partial charge in [0.1, 0.15) is 5.52 Å². The molecule has 0 amide bonds. The minimum absolute atomic E-state index is 0.0584. The molecule has 7 heteroatoms. The van der Waals surface area contributed by atoms with E-state index in [4.69, 9.17) is 5.11 Å². The van der Waals surface area contributed by atoms with Gasteiger partial charge in [0, 0.05) is 12.6 Å². The average molecular weight is 311 g/mol. The quantitative estimate of drug-likeness (QED) is 0.831. The predicted octanol–water partition coefficient (Wildman–Crippen LogP) is 2.47. The smallest absolute Gasteiger partial charge is 0.313 e. The molecule has 5 nitrogen and oxygen atoms in total. The molecule has 1 aromatic heterocycles. The number of likely N-dealkylation sites (N-methyl/N-ethyl adjacent to an activating group) is 1. The Kier molecular flexibility index (Phi) is 4.84. The summed E-state index contributed by atoms with van der Waals surface area (Å²) in [7, 11) is 3.92. The number of aliphatic carboxylic acids is 1. The van der Waals surface area contributed by atoms with Crippen molar-refractivity contribution in [2.24, 2.45) is 0 Å². The van der Waals surface area contributed by atoms with E-state index in [2.05, 4.69) is 4.98 Å². The topological polar surface area (TPSA) is 58.4 Å². The van der Waals surface area contributed by atoms with Crippen LogP contribution in [0.15, 0.2) is 23.4 Å². The molecule has 114 valence electrons. The van der Waals surface area contributed by atoms with E-state index in [1.165, 1.54) is 6.07 Å². The Bertz CT molecular complexity index is 657. The number of rotatable bonds is 6. The number of thioether (sulfide) groups is 1. The second kappa shape index (κ2) is 6.44. The number of fused-ring (bicyclic) bond motifs is 1. The van der Waals surface area contributed by atoms with Crippen LogP contribution >= 0.6 is 11.8 Å². The Morgan fingerprint density at radius 2 is 2.24 bits per heavy atom. The Morgan fingerprint density at radius 3 is 2.86 bits per heavy atom. The van der Waals surface area contributed by atoms with E-state index < -0.39 is 5.97 Å². The fourth-order valence-corrected chi connectivity index (χ4v) is 3.15. The lowest BCUT2D eigenvalue weighted by Gasteiger charge is -2.20. The molecule has 0 aliphatic heterocycles. The molecular formula is C14H18FN3O2S. The number of carbonyl (C=O) groups is 1. The third kappa shape index (κ3) is 3.54. The van der Waals surface area contributed by atoms with Crippen LogP contribution in [0.4, 0.5) is 4.39 Å². The largest absolute Gasteiger partial charge is 0.481 e. The van der Waals surface area contributed by atoms with Crippen molar-refractivity contribution < 1.29 is 14.3 Å².